The molecule has 1 fully saturated rings. The summed E-state index contributed by atoms with van der Waals surface area (Å²) in [4.78, 5) is 27.5. The molecule has 0 aliphatic carbocycles. The molecule has 2 amide bonds. The first-order chi connectivity index (χ1) is 15.1. The maximum absolute atomic E-state index is 13.4. The molecule has 1 aliphatic heterocycles. The van der Waals surface area contributed by atoms with Gasteiger partial charge >= 0.3 is 0 Å². The second-order valence-electron chi connectivity index (χ2n) is 7.54. The van der Waals surface area contributed by atoms with E-state index in [2.05, 4.69) is 15.5 Å². The van der Waals surface area contributed by atoms with E-state index < -0.39 is 0 Å². The number of aromatic amines is 1. The molecule has 31 heavy (non-hydrogen) atoms. The van der Waals surface area contributed by atoms with Crippen molar-refractivity contribution < 1.29 is 14.3 Å². The second kappa shape index (κ2) is 9.04. The summed E-state index contributed by atoms with van der Waals surface area (Å²) in [6.07, 6.45) is 5.30. The van der Waals surface area contributed by atoms with Gasteiger partial charge in [0.2, 0.25) is 0 Å². The average Bonchev–Trinajstić information content (AvgIpc) is 3.51. The summed E-state index contributed by atoms with van der Waals surface area (Å²) in [5.41, 5.74) is 3.95. The van der Waals surface area contributed by atoms with E-state index in [4.69, 9.17) is 4.74 Å². The predicted octanol–water partition coefficient (Wildman–Crippen LogP) is 3.81. The van der Waals surface area contributed by atoms with Crippen molar-refractivity contribution in [2.24, 2.45) is 0 Å². The van der Waals surface area contributed by atoms with Crippen LogP contribution in [0.3, 0.4) is 0 Å². The third kappa shape index (κ3) is 4.17. The summed E-state index contributed by atoms with van der Waals surface area (Å²) in [5.74, 6) is 0.490. The molecule has 1 aliphatic rings. The Bertz CT molecular complexity index is 1080. The topological polar surface area (TPSA) is 87.3 Å². The molecule has 1 atom stereocenters. The Morgan fingerprint density at radius 3 is 2.84 bits per heavy atom. The van der Waals surface area contributed by atoms with Crippen molar-refractivity contribution in [2.45, 2.75) is 25.8 Å². The van der Waals surface area contributed by atoms with Crippen molar-refractivity contribution in [3.05, 3.63) is 71.5 Å². The molecule has 3 aromatic rings. The van der Waals surface area contributed by atoms with Gasteiger partial charge in [-0.3, -0.25) is 14.7 Å². The highest BCUT2D eigenvalue weighted by Gasteiger charge is 2.31. The van der Waals surface area contributed by atoms with Gasteiger partial charge in [-0.05, 0) is 55.7 Å². The Kier molecular flexibility index (Phi) is 6.02. The van der Waals surface area contributed by atoms with Crippen LogP contribution in [-0.4, -0.2) is 47.1 Å². The van der Waals surface area contributed by atoms with Crippen LogP contribution in [0.4, 0.5) is 0 Å². The summed E-state index contributed by atoms with van der Waals surface area (Å²) in [6, 6.07) is 13.0. The van der Waals surface area contributed by atoms with Gasteiger partial charge in [0.25, 0.3) is 11.8 Å². The number of rotatable bonds is 6. The van der Waals surface area contributed by atoms with Crippen LogP contribution in [0.2, 0.25) is 0 Å². The lowest BCUT2D eigenvalue weighted by Crippen LogP contribution is -2.31. The van der Waals surface area contributed by atoms with E-state index in [1.165, 1.54) is 0 Å². The van der Waals surface area contributed by atoms with Gasteiger partial charge in [-0.15, -0.1) is 0 Å². The molecule has 160 valence electrons. The molecule has 1 aromatic heterocycles. The Morgan fingerprint density at radius 2 is 2.10 bits per heavy atom. The lowest BCUT2D eigenvalue weighted by molar-refractivity contribution is 0.0735. The standard InChI is InChI=1S/C24H26N4O3/c1-3-25-23(29)17-7-4-6-16(12-17)21-8-5-11-28(21)24(30)18-9-10-20(22(13-18)31-2)19-14-26-27-15-19/h4,6-7,9-10,12-15,21H,3,5,8,11H2,1-2H3,(H,25,29)(H,26,27). The van der Waals surface area contributed by atoms with E-state index in [9.17, 15) is 9.59 Å². The first kappa shape index (κ1) is 20.7. The summed E-state index contributed by atoms with van der Waals surface area (Å²) in [7, 11) is 1.60. The molecular weight excluding hydrogens is 392 g/mol. The smallest absolute Gasteiger partial charge is 0.254 e. The third-order valence-electron chi connectivity index (χ3n) is 5.64. The molecule has 0 bridgehead atoms. The molecule has 2 heterocycles. The maximum Gasteiger partial charge on any atom is 0.254 e. The fourth-order valence-electron chi connectivity index (χ4n) is 4.13. The van der Waals surface area contributed by atoms with E-state index in [0.717, 1.165) is 29.5 Å². The van der Waals surface area contributed by atoms with Crippen LogP contribution < -0.4 is 10.1 Å². The number of amides is 2. The first-order valence-electron chi connectivity index (χ1n) is 10.5. The van der Waals surface area contributed by atoms with Gasteiger partial charge in [-0.1, -0.05) is 12.1 Å². The number of nitrogens with zero attached hydrogens (tertiary/aromatic N) is 2. The van der Waals surface area contributed by atoms with Crippen LogP contribution in [0.1, 0.15) is 52.1 Å². The monoisotopic (exact) mass is 418 g/mol. The number of hydrogen-bond donors (Lipinski definition) is 2. The molecule has 2 N–H and O–H groups in total. The van der Waals surface area contributed by atoms with Crippen LogP contribution in [-0.2, 0) is 0 Å². The molecule has 7 heteroatoms. The minimum atomic E-state index is -0.0974. The number of nitrogens with one attached hydrogen (secondary N) is 2. The molecule has 7 nitrogen and oxygen atoms in total. The fourth-order valence-corrected chi connectivity index (χ4v) is 4.13. The molecule has 1 saturated heterocycles. The third-order valence-corrected chi connectivity index (χ3v) is 5.64. The van der Waals surface area contributed by atoms with E-state index in [1.54, 1.807) is 31.6 Å². The highest BCUT2D eigenvalue weighted by atomic mass is 16.5. The van der Waals surface area contributed by atoms with Gasteiger partial charge in [0.05, 0.1) is 19.3 Å². The number of H-pyrrole nitrogens is 1. The number of benzene rings is 2. The minimum Gasteiger partial charge on any atom is -0.496 e. The Hall–Kier alpha value is -3.61. The molecule has 1 unspecified atom stereocenters. The molecule has 2 aromatic carbocycles. The number of methoxy groups -OCH3 is 1. The van der Waals surface area contributed by atoms with Crippen molar-refractivity contribution in [2.75, 3.05) is 20.2 Å². The van der Waals surface area contributed by atoms with Gasteiger partial charge in [-0.25, -0.2) is 0 Å². The molecule has 4 rings (SSSR count). The van der Waals surface area contributed by atoms with Crippen molar-refractivity contribution in [3.63, 3.8) is 0 Å². The van der Waals surface area contributed by atoms with Crippen molar-refractivity contribution in [1.29, 1.82) is 0 Å². The maximum atomic E-state index is 13.4. The lowest BCUT2D eigenvalue weighted by Gasteiger charge is -2.26. The zero-order valence-corrected chi connectivity index (χ0v) is 17.7. The normalized spacial score (nSPS) is 15.7. The SMILES string of the molecule is CCNC(=O)c1cccc(C2CCCN2C(=O)c2ccc(-c3cn[nH]c3)c(OC)c2)c1. The van der Waals surface area contributed by atoms with Crippen LogP contribution in [0.25, 0.3) is 11.1 Å². The largest absolute Gasteiger partial charge is 0.496 e. The predicted molar refractivity (Wildman–Crippen MR) is 118 cm³/mol. The lowest BCUT2D eigenvalue weighted by atomic mass is 10.0. The Morgan fingerprint density at radius 1 is 1.23 bits per heavy atom. The quantitative estimate of drug-likeness (QED) is 0.637. The van der Waals surface area contributed by atoms with Crippen LogP contribution in [0, 0.1) is 0 Å². The molecule has 0 spiro atoms. The van der Waals surface area contributed by atoms with E-state index in [-0.39, 0.29) is 17.9 Å². The van der Waals surface area contributed by atoms with Gasteiger partial charge in [0, 0.05) is 41.5 Å². The summed E-state index contributed by atoms with van der Waals surface area (Å²) in [5, 5.41) is 9.61. The Labute approximate surface area is 181 Å². The van der Waals surface area contributed by atoms with Crippen LogP contribution in [0.15, 0.2) is 54.9 Å². The number of likely N-dealkylation sites (tertiary alicyclic amines) is 1. The number of carbonyl (C=O) groups is 2. The number of carbonyl (C=O) groups excluding carboxylic acids is 2. The summed E-state index contributed by atoms with van der Waals surface area (Å²) >= 11 is 0. The van der Waals surface area contributed by atoms with E-state index in [1.807, 2.05) is 42.2 Å². The van der Waals surface area contributed by atoms with Crippen molar-refractivity contribution in [1.82, 2.24) is 20.4 Å². The zero-order chi connectivity index (χ0) is 21.8. The van der Waals surface area contributed by atoms with Crippen LogP contribution >= 0.6 is 0 Å². The first-order valence-corrected chi connectivity index (χ1v) is 10.5. The fraction of sp³-hybridized carbons (Fsp3) is 0.292. The van der Waals surface area contributed by atoms with Gasteiger partial charge in [0.15, 0.2) is 0 Å². The minimum absolute atomic E-state index is 0.0389. The molecular formula is C24H26N4O3. The van der Waals surface area contributed by atoms with E-state index >= 15 is 0 Å². The van der Waals surface area contributed by atoms with E-state index in [0.29, 0.717) is 30.0 Å². The van der Waals surface area contributed by atoms with Gasteiger partial charge < -0.3 is 15.0 Å². The van der Waals surface area contributed by atoms with Crippen LogP contribution in [0.5, 0.6) is 5.75 Å². The van der Waals surface area contributed by atoms with Gasteiger partial charge in [0.1, 0.15) is 5.75 Å². The second-order valence-corrected chi connectivity index (χ2v) is 7.54. The Balaban J connectivity index is 1.60. The van der Waals surface area contributed by atoms with Crippen molar-refractivity contribution >= 4 is 11.8 Å². The number of hydrogen-bond acceptors (Lipinski definition) is 4. The summed E-state index contributed by atoms with van der Waals surface area (Å²) in [6.45, 7) is 3.15. The molecule has 0 radical (unpaired) electrons. The summed E-state index contributed by atoms with van der Waals surface area (Å²) < 4.78 is 5.54. The van der Waals surface area contributed by atoms with Crippen molar-refractivity contribution in [3.8, 4) is 16.9 Å². The zero-order valence-electron chi connectivity index (χ0n) is 17.7. The number of ether oxygens (including phenoxy) is 1. The highest BCUT2D eigenvalue weighted by Crippen LogP contribution is 2.35. The average molecular weight is 418 g/mol. The molecule has 0 saturated carbocycles. The van der Waals surface area contributed by atoms with Gasteiger partial charge in [-0.2, -0.15) is 5.10 Å². The number of aromatic nitrogens is 2. The highest BCUT2D eigenvalue weighted by molar-refractivity contribution is 5.96.